The van der Waals surface area contributed by atoms with Gasteiger partial charge in [0.25, 0.3) is 0 Å². The van der Waals surface area contributed by atoms with Gasteiger partial charge in [0.15, 0.2) is 0 Å². The lowest BCUT2D eigenvalue weighted by atomic mass is 9.95. The van der Waals surface area contributed by atoms with Crippen molar-refractivity contribution in [3.8, 4) is 50.2 Å². The minimum Gasteiger partial charge on any atom is -0.309 e. The lowest BCUT2D eigenvalue weighted by Gasteiger charge is -2.11. The average Bonchev–Trinajstić information content (AvgIpc) is 3.54. The van der Waals surface area contributed by atoms with Gasteiger partial charge >= 0.3 is 0 Å². The summed E-state index contributed by atoms with van der Waals surface area (Å²) in [7, 11) is 0. The van der Waals surface area contributed by atoms with Crippen LogP contribution in [-0.4, -0.2) is 4.57 Å². The van der Waals surface area contributed by atoms with Crippen molar-refractivity contribution in [3.05, 3.63) is 200 Å². The Kier molecular flexibility index (Phi) is 6.89. The summed E-state index contributed by atoms with van der Waals surface area (Å²) in [5.41, 5.74) is 13.4. The standard InChI is InChI=1S/C50H33N/c1-2-9-34(10-3-1)39-13-8-14-46(32-39)51-49-16-7-6-15-47(49)48-33-45(27-28-50(48)51)37-19-17-36(18-20-37)40-23-24-43-31-44(26-25-42(43)30-40)41-22-21-35-11-4-5-12-38(35)29-41/h1-33H. The van der Waals surface area contributed by atoms with Gasteiger partial charge in [0.05, 0.1) is 11.0 Å². The van der Waals surface area contributed by atoms with Crippen molar-refractivity contribution in [1.29, 1.82) is 0 Å². The first-order chi connectivity index (χ1) is 25.2. The van der Waals surface area contributed by atoms with Gasteiger partial charge in [-0.25, -0.2) is 0 Å². The van der Waals surface area contributed by atoms with Crippen molar-refractivity contribution in [2.75, 3.05) is 0 Å². The molecule has 0 unspecified atom stereocenters. The van der Waals surface area contributed by atoms with Gasteiger partial charge in [0.2, 0.25) is 0 Å². The minimum atomic E-state index is 1.17. The molecule has 0 saturated heterocycles. The molecule has 0 bridgehead atoms. The van der Waals surface area contributed by atoms with Crippen molar-refractivity contribution in [1.82, 2.24) is 4.57 Å². The van der Waals surface area contributed by atoms with Gasteiger partial charge in [-0.2, -0.15) is 0 Å². The molecule has 0 aliphatic heterocycles. The molecule has 1 nitrogen and oxygen atoms in total. The number of aromatic nitrogens is 1. The predicted octanol–water partition coefficient (Wildman–Crippen LogP) is 13.8. The smallest absolute Gasteiger partial charge is 0.0541 e. The lowest BCUT2D eigenvalue weighted by Crippen LogP contribution is -1.94. The molecule has 0 radical (unpaired) electrons. The molecule has 51 heavy (non-hydrogen) atoms. The molecule has 9 aromatic carbocycles. The molecule has 0 aliphatic rings. The summed E-state index contributed by atoms with van der Waals surface area (Å²) in [4.78, 5) is 0. The first-order valence-corrected chi connectivity index (χ1v) is 17.6. The number of rotatable bonds is 5. The lowest BCUT2D eigenvalue weighted by molar-refractivity contribution is 1.18. The summed E-state index contributed by atoms with van der Waals surface area (Å²) >= 11 is 0. The van der Waals surface area contributed by atoms with Crippen molar-refractivity contribution < 1.29 is 0 Å². The third-order valence-corrected chi connectivity index (χ3v) is 10.4. The summed E-state index contributed by atoms with van der Waals surface area (Å²) < 4.78 is 2.40. The van der Waals surface area contributed by atoms with Crippen LogP contribution in [0.15, 0.2) is 200 Å². The van der Waals surface area contributed by atoms with Gasteiger partial charge < -0.3 is 4.57 Å². The van der Waals surface area contributed by atoms with E-state index in [4.69, 9.17) is 0 Å². The number of hydrogen-bond acceptors (Lipinski definition) is 0. The fraction of sp³-hybridized carbons (Fsp3) is 0. The molecule has 0 atom stereocenters. The van der Waals surface area contributed by atoms with Gasteiger partial charge in [-0.1, -0.05) is 152 Å². The highest BCUT2D eigenvalue weighted by Crippen LogP contribution is 2.37. The van der Waals surface area contributed by atoms with Crippen LogP contribution < -0.4 is 0 Å². The number of nitrogens with zero attached hydrogens (tertiary/aromatic N) is 1. The van der Waals surface area contributed by atoms with Crippen LogP contribution in [0.25, 0.3) is 93.5 Å². The maximum Gasteiger partial charge on any atom is 0.0541 e. The average molecular weight is 648 g/mol. The molecule has 10 aromatic rings. The van der Waals surface area contributed by atoms with Crippen molar-refractivity contribution in [2.45, 2.75) is 0 Å². The van der Waals surface area contributed by atoms with Crippen LogP contribution >= 0.6 is 0 Å². The van der Waals surface area contributed by atoms with Gasteiger partial charge in [-0.15, -0.1) is 0 Å². The molecule has 1 heteroatoms. The van der Waals surface area contributed by atoms with E-state index in [0.717, 1.165) is 0 Å². The molecule has 0 aliphatic carbocycles. The Morgan fingerprint density at radius 2 is 0.686 bits per heavy atom. The molecule has 0 N–H and O–H groups in total. The minimum absolute atomic E-state index is 1.17. The Morgan fingerprint density at radius 1 is 0.235 bits per heavy atom. The van der Waals surface area contributed by atoms with Crippen LogP contribution in [0.1, 0.15) is 0 Å². The molecule has 0 fully saturated rings. The second-order valence-corrected chi connectivity index (χ2v) is 13.4. The van der Waals surface area contributed by atoms with Gasteiger partial charge in [-0.05, 0) is 115 Å². The summed E-state index contributed by atoms with van der Waals surface area (Å²) in [6.45, 7) is 0. The summed E-state index contributed by atoms with van der Waals surface area (Å²) in [6.07, 6.45) is 0. The zero-order chi connectivity index (χ0) is 33.7. The summed E-state index contributed by atoms with van der Waals surface area (Å²) in [5.74, 6) is 0. The highest BCUT2D eigenvalue weighted by molar-refractivity contribution is 6.10. The number of fused-ring (bicyclic) bond motifs is 5. The number of para-hydroxylation sites is 1. The highest BCUT2D eigenvalue weighted by atomic mass is 15.0. The number of benzene rings is 9. The highest BCUT2D eigenvalue weighted by Gasteiger charge is 2.14. The van der Waals surface area contributed by atoms with E-state index in [1.54, 1.807) is 0 Å². The first kappa shape index (κ1) is 29.2. The Morgan fingerprint density at radius 3 is 1.41 bits per heavy atom. The Labute approximate surface area is 297 Å². The maximum atomic E-state index is 2.40. The van der Waals surface area contributed by atoms with Crippen LogP contribution in [0.5, 0.6) is 0 Å². The van der Waals surface area contributed by atoms with Gasteiger partial charge in [-0.3, -0.25) is 0 Å². The van der Waals surface area contributed by atoms with Crippen LogP contribution in [0, 0.1) is 0 Å². The third-order valence-electron chi connectivity index (χ3n) is 10.4. The van der Waals surface area contributed by atoms with Crippen molar-refractivity contribution in [2.24, 2.45) is 0 Å². The molecule has 0 amide bonds. The van der Waals surface area contributed by atoms with E-state index < -0.39 is 0 Å². The van der Waals surface area contributed by atoms with Gasteiger partial charge in [0, 0.05) is 16.5 Å². The quantitative estimate of drug-likeness (QED) is 0.175. The monoisotopic (exact) mass is 647 g/mol. The normalized spacial score (nSPS) is 11.5. The van der Waals surface area contributed by atoms with E-state index >= 15 is 0 Å². The molecule has 1 heterocycles. The van der Waals surface area contributed by atoms with Crippen LogP contribution in [0.2, 0.25) is 0 Å². The largest absolute Gasteiger partial charge is 0.309 e. The third kappa shape index (κ3) is 5.19. The Hall–Kier alpha value is -6.70. The SMILES string of the molecule is c1ccc(-c2cccc(-n3c4ccccc4c4cc(-c5ccc(-c6ccc7cc(-c8ccc9ccccc9c8)ccc7c6)cc5)ccc43)c2)cc1. The molecule has 0 spiro atoms. The van der Waals surface area contributed by atoms with E-state index in [9.17, 15) is 0 Å². The predicted molar refractivity (Wildman–Crippen MR) is 218 cm³/mol. The summed E-state index contributed by atoms with van der Waals surface area (Å²) in [6, 6.07) is 73.0. The van der Waals surface area contributed by atoms with Crippen LogP contribution in [0.3, 0.4) is 0 Å². The van der Waals surface area contributed by atoms with E-state index in [1.165, 1.54) is 93.5 Å². The number of hydrogen-bond donors (Lipinski definition) is 0. The molecular weight excluding hydrogens is 615 g/mol. The van der Waals surface area contributed by atoms with Crippen molar-refractivity contribution in [3.63, 3.8) is 0 Å². The Balaban J connectivity index is 0.971. The fourth-order valence-electron chi connectivity index (χ4n) is 7.71. The zero-order valence-electron chi connectivity index (χ0n) is 28.0. The molecule has 238 valence electrons. The van der Waals surface area contributed by atoms with E-state index in [2.05, 4.69) is 205 Å². The summed E-state index contributed by atoms with van der Waals surface area (Å²) in [5, 5.41) is 7.56. The first-order valence-electron chi connectivity index (χ1n) is 17.6. The molecule has 0 saturated carbocycles. The molecule has 10 rings (SSSR count). The Bertz CT molecular complexity index is 2890. The topological polar surface area (TPSA) is 4.93 Å². The van der Waals surface area contributed by atoms with Crippen molar-refractivity contribution >= 4 is 43.4 Å². The van der Waals surface area contributed by atoms with E-state index in [-0.39, 0.29) is 0 Å². The van der Waals surface area contributed by atoms with Crippen LogP contribution in [-0.2, 0) is 0 Å². The second kappa shape index (κ2) is 12.0. The van der Waals surface area contributed by atoms with E-state index in [1.807, 2.05) is 0 Å². The zero-order valence-corrected chi connectivity index (χ0v) is 28.0. The van der Waals surface area contributed by atoms with Crippen LogP contribution in [0.4, 0.5) is 0 Å². The maximum absolute atomic E-state index is 2.40. The van der Waals surface area contributed by atoms with E-state index in [0.29, 0.717) is 0 Å². The van der Waals surface area contributed by atoms with Gasteiger partial charge in [0.1, 0.15) is 0 Å². The fourth-order valence-corrected chi connectivity index (χ4v) is 7.71. The molecular formula is C50H33N. The molecule has 1 aromatic heterocycles. The second-order valence-electron chi connectivity index (χ2n) is 13.4.